The van der Waals surface area contributed by atoms with E-state index in [1.807, 2.05) is 0 Å². The van der Waals surface area contributed by atoms with Gasteiger partial charge in [0.25, 0.3) is 0 Å². The van der Waals surface area contributed by atoms with Gasteiger partial charge >= 0.3 is 0 Å². The third-order valence-electron chi connectivity index (χ3n) is 4.49. The lowest BCUT2D eigenvalue weighted by molar-refractivity contribution is 0.231. The van der Waals surface area contributed by atoms with Crippen LogP contribution >= 0.6 is 0 Å². The molecule has 0 amide bonds. The van der Waals surface area contributed by atoms with Crippen LogP contribution in [0.25, 0.3) is 0 Å². The summed E-state index contributed by atoms with van der Waals surface area (Å²) in [6.07, 6.45) is 11.3. The molecule has 0 saturated carbocycles. The zero-order valence-corrected chi connectivity index (χ0v) is 12.4. The van der Waals surface area contributed by atoms with Crippen molar-refractivity contribution in [2.45, 2.75) is 86.0 Å². The standard InChI is InChI=1S/C16H34/c1-6-9-10-11-12-13-16(8-3)15(5)14(4)7-2/h14-16H,6-13H2,1-5H3. The first-order valence-corrected chi connectivity index (χ1v) is 7.67. The van der Waals surface area contributed by atoms with Gasteiger partial charge in [-0.2, -0.15) is 0 Å². The van der Waals surface area contributed by atoms with Crippen LogP contribution in [0.2, 0.25) is 0 Å². The first kappa shape index (κ1) is 16.0. The van der Waals surface area contributed by atoms with Crippen LogP contribution in [0.3, 0.4) is 0 Å². The highest BCUT2D eigenvalue weighted by atomic mass is 14.2. The molecule has 0 rings (SSSR count). The second kappa shape index (κ2) is 10.2. The molecule has 3 atom stereocenters. The van der Waals surface area contributed by atoms with Crippen molar-refractivity contribution in [3.8, 4) is 0 Å². The Morgan fingerprint density at radius 1 is 0.750 bits per heavy atom. The van der Waals surface area contributed by atoms with E-state index >= 15 is 0 Å². The van der Waals surface area contributed by atoms with Crippen LogP contribution in [-0.2, 0) is 0 Å². The third-order valence-corrected chi connectivity index (χ3v) is 4.49. The van der Waals surface area contributed by atoms with Crippen molar-refractivity contribution in [1.82, 2.24) is 0 Å². The van der Waals surface area contributed by atoms with Crippen LogP contribution in [0.1, 0.15) is 86.0 Å². The molecule has 3 unspecified atom stereocenters. The topological polar surface area (TPSA) is 0 Å². The van der Waals surface area contributed by atoms with E-state index in [1.54, 1.807) is 0 Å². The van der Waals surface area contributed by atoms with E-state index in [-0.39, 0.29) is 0 Å². The fourth-order valence-electron chi connectivity index (χ4n) is 2.69. The maximum Gasteiger partial charge on any atom is -0.0389 e. The quantitative estimate of drug-likeness (QED) is 0.397. The zero-order chi connectivity index (χ0) is 12.4. The van der Waals surface area contributed by atoms with Crippen molar-refractivity contribution in [3.05, 3.63) is 0 Å². The minimum absolute atomic E-state index is 0.903. The molecule has 0 radical (unpaired) electrons. The molecule has 0 aromatic rings. The van der Waals surface area contributed by atoms with Gasteiger partial charge in [0, 0.05) is 0 Å². The Labute approximate surface area is 104 Å². The van der Waals surface area contributed by atoms with Gasteiger partial charge in [0.15, 0.2) is 0 Å². The van der Waals surface area contributed by atoms with E-state index in [0.29, 0.717) is 0 Å². The third kappa shape index (κ3) is 6.55. The summed E-state index contributed by atoms with van der Waals surface area (Å²) in [5.74, 6) is 2.79. The normalized spacial score (nSPS) is 17.1. The van der Waals surface area contributed by atoms with Crippen molar-refractivity contribution in [2.24, 2.45) is 17.8 Å². The van der Waals surface area contributed by atoms with Gasteiger partial charge in [-0.05, 0) is 17.8 Å². The van der Waals surface area contributed by atoms with E-state index in [1.165, 1.54) is 51.4 Å². The maximum absolute atomic E-state index is 2.47. The van der Waals surface area contributed by atoms with Gasteiger partial charge in [0.05, 0.1) is 0 Å². The second-order valence-electron chi connectivity index (χ2n) is 5.62. The summed E-state index contributed by atoms with van der Waals surface area (Å²) in [5, 5.41) is 0. The van der Waals surface area contributed by atoms with E-state index in [2.05, 4.69) is 34.6 Å². The molecule has 0 fully saturated rings. The Hall–Kier alpha value is 0. The lowest BCUT2D eigenvalue weighted by Crippen LogP contribution is -2.18. The van der Waals surface area contributed by atoms with Crippen molar-refractivity contribution >= 4 is 0 Å². The summed E-state index contributed by atoms with van der Waals surface area (Å²) in [6.45, 7) is 11.9. The van der Waals surface area contributed by atoms with Crippen LogP contribution in [0.15, 0.2) is 0 Å². The molecule has 0 heterocycles. The summed E-state index contributed by atoms with van der Waals surface area (Å²) in [5.41, 5.74) is 0. The summed E-state index contributed by atoms with van der Waals surface area (Å²) in [4.78, 5) is 0. The first-order valence-electron chi connectivity index (χ1n) is 7.67. The maximum atomic E-state index is 2.47. The van der Waals surface area contributed by atoms with Gasteiger partial charge in [-0.1, -0.05) is 86.0 Å². The minimum atomic E-state index is 0.903. The Kier molecular flexibility index (Phi) is 10.2. The van der Waals surface area contributed by atoms with Crippen LogP contribution in [-0.4, -0.2) is 0 Å². The minimum Gasteiger partial charge on any atom is -0.0654 e. The molecule has 0 aromatic heterocycles. The SMILES string of the molecule is CCCCCCCC(CC)C(C)C(C)CC. The smallest absolute Gasteiger partial charge is 0.0389 e. The predicted octanol–water partition coefficient (Wildman–Crippen LogP) is 6.06. The summed E-state index contributed by atoms with van der Waals surface area (Å²) < 4.78 is 0. The van der Waals surface area contributed by atoms with Crippen LogP contribution < -0.4 is 0 Å². The van der Waals surface area contributed by atoms with Crippen molar-refractivity contribution in [3.63, 3.8) is 0 Å². The molecule has 0 N–H and O–H groups in total. The number of hydrogen-bond donors (Lipinski definition) is 0. The predicted molar refractivity (Wildman–Crippen MR) is 75.8 cm³/mol. The van der Waals surface area contributed by atoms with Crippen molar-refractivity contribution in [1.29, 1.82) is 0 Å². The Morgan fingerprint density at radius 3 is 1.88 bits per heavy atom. The van der Waals surface area contributed by atoms with Crippen LogP contribution in [0.5, 0.6) is 0 Å². The molecule has 0 spiro atoms. The molecule has 16 heavy (non-hydrogen) atoms. The number of hydrogen-bond acceptors (Lipinski definition) is 0. The monoisotopic (exact) mass is 226 g/mol. The van der Waals surface area contributed by atoms with Gasteiger partial charge in [-0.15, -0.1) is 0 Å². The van der Waals surface area contributed by atoms with E-state index < -0.39 is 0 Å². The summed E-state index contributed by atoms with van der Waals surface area (Å²) >= 11 is 0. The highest BCUT2D eigenvalue weighted by Crippen LogP contribution is 2.29. The highest BCUT2D eigenvalue weighted by molar-refractivity contribution is 4.70. The highest BCUT2D eigenvalue weighted by Gasteiger charge is 2.19. The summed E-state index contributed by atoms with van der Waals surface area (Å²) in [6, 6.07) is 0. The average Bonchev–Trinajstić information content (AvgIpc) is 2.32. The average molecular weight is 226 g/mol. The van der Waals surface area contributed by atoms with Gasteiger partial charge in [0.2, 0.25) is 0 Å². The van der Waals surface area contributed by atoms with E-state index in [0.717, 1.165) is 17.8 Å². The lowest BCUT2D eigenvalue weighted by Gasteiger charge is -2.27. The number of unbranched alkanes of at least 4 members (excludes halogenated alkanes) is 4. The van der Waals surface area contributed by atoms with Crippen molar-refractivity contribution < 1.29 is 0 Å². The second-order valence-corrected chi connectivity index (χ2v) is 5.62. The zero-order valence-electron chi connectivity index (χ0n) is 12.4. The molecular weight excluding hydrogens is 192 g/mol. The van der Waals surface area contributed by atoms with Gasteiger partial charge in [0.1, 0.15) is 0 Å². The fraction of sp³-hybridized carbons (Fsp3) is 1.00. The molecule has 0 aliphatic rings. The molecule has 98 valence electrons. The largest absolute Gasteiger partial charge is 0.0654 e. The Bertz CT molecular complexity index is 139. The summed E-state index contributed by atoms with van der Waals surface area (Å²) in [7, 11) is 0. The van der Waals surface area contributed by atoms with Gasteiger partial charge < -0.3 is 0 Å². The van der Waals surface area contributed by atoms with Crippen LogP contribution in [0, 0.1) is 17.8 Å². The van der Waals surface area contributed by atoms with Crippen LogP contribution in [0.4, 0.5) is 0 Å². The van der Waals surface area contributed by atoms with E-state index in [4.69, 9.17) is 0 Å². The first-order chi connectivity index (χ1) is 7.67. The Morgan fingerprint density at radius 2 is 1.38 bits per heavy atom. The molecule has 0 heteroatoms. The molecule has 0 bridgehead atoms. The number of rotatable bonds is 10. The Balaban J connectivity index is 3.73. The fourth-order valence-corrected chi connectivity index (χ4v) is 2.69. The lowest BCUT2D eigenvalue weighted by atomic mass is 9.78. The van der Waals surface area contributed by atoms with Gasteiger partial charge in [-0.3, -0.25) is 0 Å². The van der Waals surface area contributed by atoms with E-state index in [9.17, 15) is 0 Å². The van der Waals surface area contributed by atoms with Crippen molar-refractivity contribution in [2.75, 3.05) is 0 Å². The molecule has 0 aliphatic carbocycles. The molecule has 0 aliphatic heterocycles. The molecule has 0 saturated heterocycles. The molecular formula is C16H34. The molecule has 0 aromatic carbocycles. The van der Waals surface area contributed by atoms with Gasteiger partial charge in [-0.25, -0.2) is 0 Å². The molecule has 0 nitrogen and oxygen atoms in total.